The van der Waals surface area contributed by atoms with Crippen LogP contribution in [0.2, 0.25) is 0 Å². The summed E-state index contributed by atoms with van der Waals surface area (Å²) >= 11 is 0. The second-order valence-corrected chi connectivity index (χ2v) is 9.93. The highest BCUT2D eigenvalue weighted by atomic mass is 32.2. The summed E-state index contributed by atoms with van der Waals surface area (Å²) in [5.74, 6) is -0.387. The molecule has 0 aromatic heterocycles. The number of carbonyl (C=O) groups excluding carboxylic acids is 2. The second-order valence-electron chi connectivity index (χ2n) is 8.09. The molecule has 0 radical (unpaired) electrons. The SMILES string of the molecule is CCC(C)N(C1CC(=O)N(c2ccc(OC)cc2)C1=O)S(=O)(=O)c1ccc2ccccc2c1. The van der Waals surface area contributed by atoms with E-state index in [1.165, 1.54) is 11.4 Å². The molecule has 1 saturated heterocycles. The minimum atomic E-state index is -4.05. The van der Waals surface area contributed by atoms with Crippen molar-refractivity contribution in [3.8, 4) is 5.75 Å². The third kappa shape index (κ3) is 4.12. The molecule has 0 N–H and O–H groups in total. The Hall–Kier alpha value is -3.23. The maximum Gasteiger partial charge on any atom is 0.252 e. The van der Waals surface area contributed by atoms with Gasteiger partial charge in [-0.1, -0.05) is 37.3 Å². The van der Waals surface area contributed by atoms with E-state index >= 15 is 0 Å². The smallest absolute Gasteiger partial charge is 0.252 e. The van der Waals surface area contributed by atoms with Crippen LogP contribution in [-0.4, -0.2) is 43.7 Å². The number of ether oxygens (including phenoxy) is 1. The van der Waals surface area contributed by atoms with Gasteiger partial charge in [-0.15, -0.1) is 0 Å². The molecule has 1 aliphatic heterocycles. The molecule has 8 heteroatoms. The van der Waals surface area contributed by atoms with E-state index in [4.69, 9.17) is 4.74 Å². The summed E-state index contributed by atoms with van der Waals surface area (Å²) in [7, 11) is -2.52. The van der Waals surface area contributed by atoms with Crippen molar-refractivity contribution in [1.29, 1.82) is 0 Å². The van der Waals surface area contributed by atoms with E-state index in [2.05, 4.69) is 0 Å². The van der Waals surface area contributed by atoms with Crippen LogP contribution in [0, 0.1) is 0 Å². The molecule has 0 saturated carbocycles. The molecule has 0 bridgehead atoms. The minimum Gasteiger partial charge on any atom is -0.497 e. The van der Waals surface area contributed by atoms with Crippen molar-refractivity contribution in [2.75, 3.05) is 12.0 Å². The number of methoxy groups -OCH3 is 1. The highest BCUT2D eigenvalue weighted by Crippen LogP contribution is 2.33. The first-order chi connectivity index (χ1) is 15.8. The zero-order chi connectivity index (χ0) is 23.8. The van der Waals surface area contributed by atoms with Crippen molar-refractivity contribution >= 4 is 38.3 Å². The van der Waals surface area contributed by atoms with Gasteiger partial charge in [0.15, 0.2) is 0 Å². The number of hydrogen-bond donors (Lipinski definition) is 0. The quantitative estimate of drug-likeness (QED) is 0.492. The molecule has 172 valence electrons. The maximum atomic E-state index is 13.8. The predicted molar refractivity (Wildman–Crippen MR) is 127 cm³/mol. The first-order valence-corrected chi connectivity index (χ1v) is 12.2. The molecule has 2 unspecified atom stereocenters. The van der Waals surface area contributed by atoms with E-state index in [0.29, 0.717) is 17.9 Å². The first kappa shape index (κ1) is 22.9. The van der Waals surface area contributed by atoms with Crippen molar-refractivity contribution in [3.05, 3.63) is 66.7 Å². The van der Waals surface area contributed by atoms with Crippen LogP contribution in [0.4, 0.5) is 5.69 Å². The Kier molecular flexibility index (Phi) is 6.23. The molecule has 1 aliphatic rings. The number of carbonyl (C=O) groups is 2. The standard InChI is InChI=1S/C25H26N2O5S/c1-4-17(2)27(33(30,31)22-14-9-18-7-5-6-8-19(18)15-22)23-16-24(28)26(25(23)29)20-10-12-21(32-3)13-11-20/h5-15,17,23H,4,16H2,1-3H3. The van der Waals surface area contributed by atoms with E-state index in [-0.39, 0.29) is 11.3 Å². The van der Waals surface area contributed by atoms with E-state index in [0.717, 1.165) is 15.7 Å². The third-order valence-electron chi connectivity index (χ3n) is 6.08. The molecular formula is C25H26N2O5S. The Balaban J connectivity index is 1.73. The monoisotopic (exact) mass is 466 g/mol. The van der Waals surface area contributed by atoms with Crippen molar-refractivity contribution in [1.82, 2.24) is 4.31 Å². The molecule has 4 rings (SSSR count). The van der Waals surface area contributed by atoms with E-state index in [1.807, 2.05) is 31.2 Å². The van der Waals surface area contributed by atoms with Crippen LogP contribution in [0.5, 0.6) is 5.75 Å². The predicted octanol–water partition coefficient (Wildman–Crippen LogP) is 3.97. The van der Waals surface area contributed by atoms with Crippen LogP contribution in [0.25, 0.3) is 10.8 Å². The molecule has 3 aromatic carbocycles. The number of anilines is 1. The molecule has 7 nitrogen and oxygen atoms in total. The number of sulfonamides is 1. The van der Waals surface area contributed by atoms with Gasteiger partial charge in [-0.25, -0.2) is 13.3 Å². The molecule has 1 heterocycles. The van der Waals surface area contributed by atoms with E-state index in [9.17, 15) is 18.0 Å². The fourth-order valence-corrected chi connectivity index (χ4v) is 6.04. The highest BCUT2D eigenvalue weighted by molar-refractivity contribution is 7.89. The molecular weight excluding hydrogens is 440 g/mol. The van der Waals surface area contributed by atoms with Gasteiger partial charge >= 0.3 is 0 Å². The molecule has 33 heavy (non-hydrogen) atoms. The maximum absolute atomic E-state index is 13.8. The summed E-state index contributed by atoms with van der Waals surface area (Å²) in [6.45, 7) is 3.61. The summed E-state index contributed by atoms with van der Waals surface area (Å²) in [5.41, 5.74) is 0.389. The Morgan fingerprint density at radius 3 is 2.33 bits per heavy atom. The Bertz CT molecular complexity index is 1300. The Morgan fingerprint density at radius 2 is 1.70 bits per heavy atom. The van der Waals surface area contributed by atoms with Crippen LogP contribution >= 0.6 is 0 Å². The lowest BCUT2D eigenvalue weighted by molar-refractivity contribution is -0.122. The van der Waals surface area contributed by atoms with Gasteiger partial charge in [0, 0.05) is 6.04 Å². The summed E-state index contributed by atoms with van der Waals surface area (Å²) in [4.78, 5) is 27.4. The number of hydrogen-bond acceptors (Lipinski definition) is 5. The average Bonchev–Trinajstić information content (AvgIpc) is 3.11. The lowest BCUT2D eigenvalue weighted by atomic mass is 10.1. The highest BCUT2D eigenvalue weighted by Gasteiger charge is 2.48. The molecule has 0 aliphatic carbocycles. The molecule has 3 aromatic rings. The summed E-state index contributed by atoms with van der Waals surface area (Å²) in [5, 5.41) is 1.71. The van der Waals surface area contributed by atoms with Gasteiger partial charge in [-0.2, -0.15) is 4.31 Å². The van der Waals surface area contributed by atoms with E-state index in [1.54, 1.807) is 49.4 Å². The Labute approximate surface area is 193 Å². The molecule has 1 fully saturated rings. The van der Waals surface area contributed by atoms with Crippen LogP contribution in [0.1, 0.15) is 26.7 Å². The fraction of sp³-hybridized carbons (Fsp3) is 0.280. The van der Waals surface area contributed by atoms with Gasteiger partial charge in [-0.05, 0) is 60.5 Å². The number of fused-ring (bicyclic) bond motifs is 1. The molecule has 2 atom stereocenters. The van der Waals surface area contributed by atoms with Crippen LogP contribution in [0.3, 0.4) is 0 Å². The summed E-state index contributed by atoms with van der Waals surface area (Å²) in [6, 6.07) is 17.4. The van der Waals surface area contributed by atoms with Crippen molar-refractivity contribution in [2.45, 2.75) is 43.7 Å². The van der Waals surface area contributed by atoms with Gasteiger partial charge in [-0.3, -0.25) is 9.59 Å². The first-order valence-electron chi connectivity index (χ1n) is 10.8. The summed E-state index contributed by atoms with van der Waals surface area (Å²) in [6.07, 6.45) is 0.287. The largest absolute Gasteiger partial charge is 0.497 e. The number of imide groups is 1. The fourth-order valence-electron chi connectivity index (χ4n) is 4.16. The lowest BCUT2D eigenvalue weighted by Gasteiger charge is -2.31. The lowest BCUT2D eigenvalue weighted by Crippen LogP contribution is -2.49. The average molecular weight is 467 g/mol. The molecule has 2 amide bonds. The zero-order valence-corrected chi connectivity index (χ0v) is 19.6. The van der Waals surface area contributed by atoms with Crippen LogP contribution < -0.4 is 9.64 Å². The number of nitrogens with zero attached hydrogens (tertiary/aromatic N) is 2. The summed E-state index contributed by atoms with van der Waals surface area (Å²) < 4.78 is 33.9. The Morgan fingerprint density at radius 1 is 1.03 bits per heavy atom. The van der Waals surface area contributed by atoms with Gasteiger partial charge in [0.05, 0.1) is 24.1 Å². The van der Waals surface area contributed by atoms with Gasteiger partial charge < -0.3 is 4.74 Å². The molecule has 0 spiro atoms. The minimum absolute atomic E-state index is 0.102. The van der Waals surface area contributed by atoms with Crippen LogP contribution in [0.15, 0.2) is 71.6 Å². The van der Waals surface area contributed by atoms with Gasteiger partial charge in [0.1, 0.15) is 11.8 Å². The van der Waals surface area contributed by atoms with E-state index < -0.39 is 33.9 Å². The second kappa shape index (κ2) is 8.96. The van der Waals surface area contributed by atoms with Crippen LogP contribution in [-0.2, 0) is 19.6 Å². The van der Waals surface area contributed by atoms with Gasteiger partial charge in [0.25, 0.3) is 5.91 Å². The topological polar surface area (TPSA) is 84.0 Å². The van der Waals surface area contributed by atoms with Crippen molar-refractivity contribution in [2.24, 2.45) is 0 Å². The number of rotatable bonds is 7. The number of benzene rings is 3. The third-order valence-corrected chi connectivity index (χ3v) is 8.10. The van der Waals surface area contributed by atoms with Crippen molar-refractivity contribution < 1.29 is 22.7 Å². The normalized spacial score (nSPS) is 17.7. The number of amides is 2. The zero-order valence-electron chi connectivity index (χ0n) is 18.8. The van der Waals surface area contributed by atoms with Crippen molar-refractivity contribution in [3.63, 3.8) is 0 Å². The van der Waals surface area contributed by atoms with Gasteiger partial charge in [0.2, 0.25) is 15.9 Å².